The van der Waals surface area contributed by atoms with E-state index in [4.69, 9.17) is 0 Å². The summed E-state index contributed by atoms with van der Waals surface area (Å²) < 4.78 is 30.3. The van der Waals surface area contributed by atoms with Crippen LogP contribution >= 0.6 is 15.9 Å². The van der Waals surface area contributed by atoms with Crippen LogP contribution in [0.2, 0.25) is 0 Å². The van der Waals surface area contributed by atoms with Crippen LogP contribution < -0.4 is 4.72 Å². The Bertz CT molecular complexity index is 575. The highest BCUT2D eigenvalue weighted by Crippen LogP contribution is 2.25. The Morgan fingerprint density at radius 2 is 2.15 bits per heavy atom. The fourth-order valence-corrected chi connectivity index (χ4v) is 4.53. The number of benzene rings is 1. The fraction of sp³-hybridized carbons (Fsp3) is 0.571. The first-order chi connectivity index (χ1) is 9.44. The molecule has 6 heteroatoms. The van der Waals surface area contributed by atoms with E-state index in [2.05, 4.69) is 20.7 Å². The van der Waals surface area contributed by atoms with Crippen molar-refractivity contribution in [1.82, 2.24) is 4.31 Å². The molecular formula is C14H21BrN2O2S. The average Bonchev–Trinajstić information content (AvgIpc) is 2.41. The minimum Gasteiger partial charge on any atom is -0.271 e. The number of hydrogen-bond acceptors (Lipinski definition) is 2. The average molecular weight is 361 g/mol. The van der Waals surface area contributed by atoms with Gasteiger partial charge in [-0.2, -0.15) is 12.7 Å². The lowest BCUT2D eigenvalue weighted by Gasteiger charge is -2.32. The number of halogens is 1. The first kappa shape index (κ1) is 15.8. The summed E-state index contributed by atoms with van der Waals surface area (Å²) in [4.78, 5) is 0. The highest BCUT2D eigenvalue weighted by Gasteiger charge is 2.29. The molecule has 20 heavy (non-hydrogen) atoms. The molecule has 1 atom stereocenters. The van der Waals surface area contributed by atoms with Crippen molar-refractivity contribution >= 4 is 31.8 Å². The molecule has 0 aliphatic carbocycles. The van der Waals surface area contributed by atoms with Gasteiger partial charge in [-0.05, 0) is 49.9 Å². The number of aryl methyl sites for hydroxylation is 1. The van der Waals surface area contributed by atoms with Gasteiger partial charge in [0.1, 0.15) is 0 Å². The molecule has 1 saturated heterocycles. The molecule has 1 aliphatic heterocycles. The lowest BCUT2D eigenvalue weighted by atomic mass is 10.1. The number of piperidine rings is 1. The number of nitrogens with one attached hydrogen (secondary N) is 1. The van der Waals surface area contributed by atoms with Crippen molar-refractivity contribution in [3.05, 3.63) is 28.2 Å². The maximum absolute atomic E-state index is 12.5. The molecule has 0 spiro atoms. The zero-order valence-electron chi connectivity index (χ0n) is 11.9. The van der Waals surface area contributed by atoms with Crippen LogP contribution in [-0.2, 0) is 16.6 Å². The maximum Gasteiger partial charge on any atom is 0.301 e. The molecule has 0 amide bonds. The molecule has 1 aliphatic rings. The Hall–Kier alpha value is -0.590. The second-order valence-electron chi connectivity index (χ2n) is 5.22. The molecular weight excluding hydrogens is 340 g/mol. The minimum atomic E-state index is -3.46. The summed E-state index contributed by atoms with van der Waals surface area (Å²) in [5, 5.41) is 0. The van der Waals surface area contributed by atoms with Crippen LogP contribution in [0, 0.1) is 0 Å². The Labute approximate surface area is 129 Å². The molecule has 0 aromatic heterocycles. The highest BCUT2D eigenvalue weighted by molar-refractivity contribution is 9.10. The highest BCUT2D eigenvalue weighted by atomic mass is 79.9. The number of hydrogen-bond donors (Lipinski definition) is 1. The molecule has 1 aromatic rings. The van der Waals surface area contributed by atoms with Crippen molar-refractivity contribution in [2.45, 2.75) is 45.6 Å². The molecule has 1 fully saturated rings. The van der Waals surface area contributed by atoms with Gasteiger partial charge in [-0.3, -0.25) is 4.72 Å². The van der Waals surface area contributed by atoms with Crippen molar-refractivity contribution in [2.24, 2.45) is 0 Å². The molecule has 2 rings (SSSR count). The second kappa shape index (κ2) is 6.45. The molecule has 112 valence electrons. The SMILES string of the molecule is CCc1cc(Br)ccc1NS(=O)(=O)N1CCCCC1C. The Morgan fingerprint density at radius 1 is 1.40 bits per heavy atom. The zero-order chi connectivity index (χ0) is 14.8. The molecule has 1 heterocycles. The number of anilines is 1. The summed E-state index contributed by atoms with van der Waals surface area (Å²) in [6, 6.07) is 5.70. The quantitative estimate of drug-likeness (QED) is 0.892. The van der Waals surface area contributed by atoms with Crippen LogP contribution in [0.4, 0.5) is 5.69 Å². The first-order valence-corrected chi connectivity index (χ1v) is 9.25. The molecule has 1 N–H and O–H groups in total. The van der Waals surface area contributed by atoms with E-state index in [-0.39, 0.29) is 6.04 Å². The van der Waals surface area contributed by atoms with E-state index in [0.717, 1.165) is 35.7 Å². The fourth-order valence-electron chi connectivity index (χ4n) is 2.58. The third kappa shape index (κ3) is 3.54. The van der Waals surface area contributed by atoms with Crippen molar-refractivity contribution in [3.63, 3.8) is 0 Å². The van der Waals surface area contributed by atoms with E-state index in [1.54, 1.807) is 4.31 Å². The monoisotopic (exact) mass is 360 g/mol. The molecule has 1 unspecified atom stereocenters. The van der Waals surface area contributed by atoms with Gasteiger partial charge in [0.15, 0.2) is 0 Å². The first-order valence-electron chi connectivity index (χ1n) is 7.02. The van der Waals surface area contributed by atoms with Crippen LogP contribution in [0.1, 0.15) is 38.7 Å². The third-order valence-corrected chi connectivity index (χ3v) is 5.87. The number of rotatable bonds is 4. The van der Waals surface area contributed by atoms with E-state index >= 15 is 0 Å². The van der Waals surface area contributed by atoms with E-state index in [0.29, 0.717) is 12.2 Å². The van der Waals surface area contributed by atoms with Crippen LogP contribution in [0.5, 0.6) is 0 Å². The van der Waals surface area contributed by atoms with E-state index in [9.17, 15) is 8.42 Å². The lowest BCUT2D eigenvalue weighted by molar-refractivity contribution is 0.270. The largest absolute Gasteiger partial charge is 0.301 e. The number of nitrogens with zero attached hydrogens (tertiary/aromatic N) is 1. The van der Waals surface area contributed by atoms with Crippen molar-refractivity contribution in [3.8, 4) is 0 Å². The van der Waals surface area contributed by atoms with Gasteiger partial charge >= 0.3 is 10.2 Å². The zero-order valence-corrected chi connectivity index (χ0v) is 14.3. The van der Waals surface area contributed by atoms with Crippen LogP contribution in [0.15, 0.2) is 22.7 Å². The van der Waals surface area contributed by atoms with Gasteiger partial charge < -0.3 is 0 Å². The van der Waals surface area contributed by atoms with Gasteiger partial charge in [0.25, 0.3) is 0 Å². The molecule has 1 aromatic carbocycles. The van der Waals surface area contributed by atoms with Gasteiger partial charge in [-0.25, -0.2) is 0 Å². The summed E-state index contributed by atoms with van der Waals surface area (Å²) in [6.07, 6.45) is 3.76. The van der Waals surface area contributed by atoms with Gasteiger partial charge in [-0.1, -0.05) is 29.3 Å². The summed E-state index contributed by atoms with van der Waals surface area (Å²) in [5.74, 6) is 0. The Balaban J connectivity index is 2.23. The maximum atomic E-state index is 12.5. The summed E-state index contributed by atoms with van der Waals surface area (Å²) in [5.41, 5.74) is 1.67. The Morgan fingerprint density at radius 3 is 2.80 bits per heavy atom. The predicted molar refractivity (Wildman–Crippen MR) is 86.1 cm³/mol. The molecule has 0 saturated carbocycles. The summed E-state index contributed by atoms with van der Waals surface area (Å²) in [7, 11) is -3.46. The van der Waals surface area contributed by atoms with E-state index in [1.165, 1.54) is 0 Å². The van der Waals surface area contributed by atoms with E-state index in [1.807, 2.05) is 32.0 Å². The van der Waals surface area contributed by atoms with Gasteiger partial charge in [0.2, 0.25) is 0 Å². The van der Waals surface area contributed by atoms with Gasteiger partial charge in [0, 0.05) is 17.1 Å². The topological polar surface area (TPSA) is 49.4 Å². The normalized spacial score (nSPS) is 20.9. The Kier molecular flexibility index (Phi) is 5.09. The van der Waals surface area contributed by atoms with E-state index < -0.39 is 10.2 Å². The predicted octanol–water partition coefficient (Wildman–Crippen LogP) is 3.54. The molecule has 4 nitrogen and oxygen atoms in total. The lowest BCUT2D eigenvalue weighted by Crippen LogP contribution is -2.44. The minimum absolute atomic E-state index is 0.0711. The van der Waals surface area contributed by atoms with Gasteiger partial charge in [-0.15, -0.1) is 0 Å². The van der Waals surface area contributed by atoms with Crippen LogP contribution in [0.3, 0.4) is 0 Å². The van der Waals surface area contributed by atoms with Gasteiger partial charge in [0.05, 0.1) is 5.69 Å². The summed E-state index contributed by atoms with van der Waals surface area (Å²) in [6.45, 7) is 4.60. The third-order valence-electron chi connectivity index (χ3n) is 3.74. The van der Waals surface area contributed by atoms with Crippen LogP contribution in [0.25, 0.3) is 0 Å². The second-order valence-corrected chi connectivity index (χ2v) is 7.76. The molecule has 0 radical (unpaired) electrons. The van der Waals surface area contributed by atoms with Crippen molar-refractivity contribution < 1.29 is 8.42 Å². The van der Waals surface area contributed by atoms with Crippen molar-refractivity contribution in [2.75, 3.05) is 11.3 Å². The van der Waals surface area contributed by atoms with Crippen molar-refractivity contribution in [1.29, 1.82) is 0 Å². The molecule has 0 bridgehead atoms. The summed E-state index contributed by atoms with van der Waals surface area (Å²) >= 11 is 3.42. The smallest absolute Gasteiger partial charge is 0.271 e. The van der Waals surface area contributed by atoms with Crippen LogP contribution in [-0.4, -0.2) is 25.3 Å². The standard InChI is InChI=1S/C14H21BrN2O2S/c1-3-12-10-13(15)7-8-14(12)16-20(18,19)17-9-5-4-6-11(17)2/h7-8,10-11,16H,3-6,9H2,1-2H3.